The molecule has 150 valence electrons. The lowest BCUT2D eigenvalue weighted by Crippen LogP contribution is -3.12. The molecule has 0 aliphatic heterocycles. The Labute approximate surface area is 172 Å². The van der Waals surface area contributed by atoms with E-state index in [1.54, 1.807) is 17.0 Å². The molecule has 0 aliphatic rings. The number of thiazole rings is 1. The molecule has 7 heteroatoms. The van der Waals surface area contributed by atoms with Crippen LogP contribution in [0.5, 0.6) is 0 Å². The monoisotopic (exact) mass is 412 g/mol. The van der Waals surface area contributed by atoms with Crippen molar-refractivity contribution in [3.63, 3.8) is 0 Å². The Morgan fingerprint density at radius 2 is 1.97 bits per heavy atom. The number of anilines is 1. The molecule has 4 aromatic rings. The summed E-state index contributed by atoms with van der Waals surface area (Å²) in [4.78, 5) is 21.0. The first-order valence-electron chi connectivity index (χ1n) is 9.79. The van der Waals surface area contributed by atoms with Gasteiger partial charge in [0.25, 0.3) is 5.91 Å². The van der Waals surface area contributed by atoms with Crippen LogP contribution in [-0.2, 0) is 0 Å². The van der Waals surface area contributed by atoms with Crippen molar-refractivity contribution in [3.05, 3.63) is 60.1 Å². The van der Waals surface area contributed by atoms with E-state index in [-0.39, 0.29) is 17.5 Å². The summed E-state index contributed by atoms with van der Waals surface area (Å²) in [5, 5.41) is 1.44. The van der Waals surface area contributed by atoms with Gasteiger partial charge in [-0.3, -0.25) is 9.69 Å². The highest BCUT2D eigenvalue weighted by Crippen LogP contribution is 2.31. The van der Waals surface area contributed by atoms with E-state index < -0.39 is 0 Å². The number of carbonyl (C=O) groups is 1. The molecular formula is C22H23FN3O2S+. The van der Waals surface area contributed by atoms with Crippen molar-refractivity contribution >= 4 is 43.6 Å². The Kier molecular flexibility index (Phi) is 5.60. The molecular weight excluding hydrogens is 389 g/mol. The number of aromatic nitrogens is 1. The number of benzene rings is 2. The largest absolute Gasteiger partial charge is 0.451 e. The first kappa shape index (κ1) is 19.5. The Hall–Kier alpha value is -2.77. The number of halogens is 1. The molecule has 0 saturated heterocycles. The van der Waals surface area contributed by atoms with Crippen LogP contribution < -0.4 is 9.80 Å². The maximum absolute atomic E-state index is 13.6. The summed E-state index contributed by atoms with van der Waals surface area (Å²) >= 11 is 1.32. The number of carbonyl (C=O) groups excluding carboxylic acids is 1. The van der Waals surface area contributed by atoms with Crippen molar-refractivity contribution < 1.29 is 18.5 Å². The lowest BCUT2D eigenvalue weighted by Gasteiger charge is -2.22. The van der Waals surface area contributed by atoms with Gasteiger partial charge >= 0.3 is 0 Å². The van der Waals surface area contributed by atoms with Crippen LogP contribution in [0.3, 0.4) is 0 Å². The van der Waals surface area contributed by atoms with E-state index >= 15 is 0 Å². The Balaban J connectivity index is 1.70. The maximum Gasteiger partial charge on any atom is 0.296 e. The van der Waals surface area contributed by atoms with Gasteiger partial charge in [0.05, 0.1) is 36.4 Å². The molecule has 1 N–H and O–H groups in total. The van der Waals surface area contributed by atoms with Gasteiger partial charge < -0.3 is 9.32 Å². The first-order valence-corrected chi connectivity index (χ1v) is 10.6. The Bertz CT molecular complexity index is 1120. The molecule has 29 heavy (non-hydrogen) atoms. The molecule has 5 nitrogen and oxygen atoms in total. The molecule has 0 aliphatic carbocycles. The molecule has 0 bridgehead atoms. The number of rotatable bonds is 7. The maximum atomic E-state index is 13.6. The second kappa shape index (κ2) is 8.31. The van der Waals surface area contributed by atoms with Crippen LogP contribution in [-0.4, -0.2) is 37.1 Å². The van der Waals surface area contributed by atoms with Crippen molar-refractivity contribution in [2.75, 3.05) is 31.1 Å². The minimum atomic E-state index is -0.310. The third-order valence-corrected chi connectivity index (χ3v) is 6.18. The van der Waals surface area contributed by atoms with Crippen molar-refractivity contribution in [2.45, 2.75) is 13.8 Å². The smallest absolute Gasteiger partial charge is 0.296 e. The molecule has 0 unspecified atom stereocenters. The number of hydrogen-bond donors (Lipinski definition) is 1. The van der Waals surface area contributed by atoms with Crippen molar-refractivity contribution in [3.8, 4) is 0 Å². The number of hydrogen-bond acceptors (Lipinski definition) is 4. The fourth-order valence-electron chi connectivity index (χ4n) is 3.38. The highest BCUT2D eigenvalue weighted by atomic mass is 32.1. The predicted octanol–water partition coefficient (Wildman–Crippen LogP) is 3.75. The average molecular weight is 413 g/mol. The number of nitrogens with zero attached hydrogens (tertiary/aromatic N) is 2. The molecule has 0 fully saturated rings. The van der Waals surface area contributed by atoms with Crippen LogP contribution in [0.1, 0.15) is 24.4 Å². The summed E-state index contributed by atoms with van der Waals surface area (Å²) in [6.45, 7) is 7.52. The van der Waals surface area contributed by atoms with Crippen LogP contribution in [0.2, 0.25) is 0 Å². The minimum Gasteiger partial charge on any atom is -0.451 e. The van der Waals surface area contributed by atoms with E-state index in [1.165, 1.54) is 28.4 Å². The number of nitrogens with one attached hydrogen (secondary N) is 1. The molecule has 4 rings (SSSR count). The van der Waals surface area contributed by atoms with Crippen molar-refractivity contribution in [1.82, 2.24) is 4.98 Å². The SMILES string of the molecule is CC[NH+](CC)CCN(C(=O)c1cc2ccccc2o1)c1nc2ccc(F)cc2s1. The highest BCUT2D eigenvalue weighted by Gasteiger charge is 2.25. The number of amides is 1. The van der Waals surface area contributed by atoms with Gasteiger partial charge in [-0.1, -0.05) is 29.5 Å². The molecule has 2 heterocycles. The van der Waals surface area contributed by atoms with Crippen molar-refractivity contribution in [2.24, 2.45) is 0 Å². The van der Waals surface area contributed by atoms with E-state index in [2.05, 4.69) is 18.8 Å². The summed E-state index contributed by atoms with van der Waals surface area (Å²) in [7, 11) is 0. The molecule has 0 saturated carbocycles. The normalized spacial score (nSPS) is 11.6. The zero-order chi connectivity index (χ0) is 20.4. The van der Waals surface area contributed by atoms with E-state index in [9.17, 15) is 9.18 Å². The number of para-hydroxylation sites is 1. The van der Waals surface area contributed by atoms with Gasteiger partial charge in [0.2, 0.25) is 0 Å². The summed E-state index contributed by atoms with van der Waals surface area (Å²) < 4.78 is 20.1. The first-order chi connectivity index (χ1) is 14.1. The average Bonchev–Trinajstić information content (AvgIpc) is 3.34. The third-order valence-electron chi connectivity index (χ3n) is 5.14. The number of fused-ring (bicyclic) bond motifs is 2. The summed E-state index contributed by atoms with van der Waals surface area (Å²) in [5.74, 6) is -0.256. The van der Waals surface area contributed by atoms with Gasteiger partial charge in [0.1, 0.15) is 11.4 Å². The van der Waals surface area contributed by atoms with Gasteiger partial charge in [0.15, 0.2) is 10.9 Å². The number of furan rings is 1. The lowest BCUT2D eigenvalue weighted by atomic mass is 10.2. The van der Waals surface area contributed by atoms with E-state index in [0.717, 1.165) is 29.7 Å². The molecule has 2 aromatic carbocycles. The highest BCUT2D eigenvalue weighted by molar-refractivity contribution is 7.22. The van der Waals surface area contributed by atoms with E-state index in [4.69, 9.17) is 4.42 Å². The van der Waals surface area contributed by atoms with Crippen LogP contribution in [0.15, 0.2) is 52.9 Å². The van der Waals surface area contributed by atoms with E-state index in [1.807, 2.05) is 24.3 Å². The fourth-order valence-corrected chi connectivity index (χ4v) is 4.39. The van der Waals surface area contributed by atoms with Crippen LogP contribution in [0.25, 0.3) is 21.2 Å². The van der Waals surface area contributed by atoms with Gasteiger partial charge in [-0.25, -0.2) is 9.37 Å². The van der Waals surface area contributed by atoms with Crippen LogP contribution in [0.4, 0.5) is 9.52 Å². The van der Waals surface area contributed by atoms with Gasteiger partial charge in [-0.2, -0.15) is 0 Å². The van der Waals surface area contributed by atoms with Gasteiger partial charge in [-0.15, -0.1) is 0 Å². The topological polar surface area (TPSA) is 50.8 Å². The summed E-state index contributed by atoms with van der Waals surface area (Å²) in [6, 6.07) is 13.8. The lowest BCUT2D eigenvalue weighted by molar-refractivity contribution is -0.894. The second-order valence-corrected chi connectivity index (χ2v) is 7.93. The predicted molar refractivity (Wildman–Crippen MR) is 114 cm³/mol. The molecule has 0 spiro atoms. The minimum absolute atomic E-state index is 0.229. The number of quaternary nitrogens is 1. The Morgan fingerprint density at radius 3 is 2.72 bits per heavy atom. The third kappa shape index (κ3) is 4.02. The molecule has 0 radical (unpaired) electrons. The Morgan fingerprint density at radius 1 is 1.17 bits per heavy atom. The van der Waals surface area contributed by atoms with Crippen LogP contribution in [0, 0.1) is 5.82 Å². The zero-order valence-corrected chi connectivity index (χ0v) is 17.3. The second-order valence-electron chi connectivity index (χ2n) is 6.92. The zero-order valence-electron chi connectivity index (χ0n) is 16.4. The summed E-state index contributed by atoms with van der Waals surface area (Å²) in [5.41, 5.74) is 1.36. The van der Waals surface area contributed by atoms with Crippen LogP contribution >= 0.6 is 11.3 Å². The summed E-state index contributed by atoms with van der Waals surface area (Å²) in [6.07, 6.45) is 0. The van der Waals surface area contributed by atoms with Crippen molar-refractivity contribution in [1.29, 1.82) is 0 Å². The van der Waals surface area contributed by atoms with Gasteiger partial charge in [0, 0.05) is 5.39 Å². The molecule has 1 amide bonds. The molecule has 2 aromatic heterocycles. The molecule has 0 atom stereocenters. The van der Waals surface area contributed by atoms with E-state index in [0.29, 0.717) is 22.8 Å². The quantitative estimate of drug-likeness (QED) is 0.503. The fraction of sp³-hybridized carbons (Fsp3) is 0.273. The number of likely N-dealkylation sites (N-methyl/N-ethyl adjacent to an activating group) is 1. The standard InChI is InChI=1S/C22H22FN3O2S/c1-3-25(4-2)11-12-26(22-24-17-10-9-16(23)14-20(17)29-22)21(27)19-13-15-7-5-6-8-18(15)28-19/h5-10,13-14H,3-4,11-12H2,1-2H3/p+1. The van der Waals surface area contributed by atoms with Gasteiger partial charge in [-0.05, 0) is 44.2 Å².